The van der Waals surface area contributed by atoms with E-state index in [1.807, 2.05) is 63.2 Å². The number of nitrogens with one attached hydrogen (secondary N) is 1. The largest absolute Gasteiger partial charge is 0.324 e. The molecule has 2 aromatic carbocycles. The lowest BCUT2D eigenvalue weighted by Crippen LogP contribution is -2.34. The van der Waals surface area contributed by atoms with Crippen LogP contribution in [0.25, 0.3) is 20.2 Å². The van der Waals surface area contributed by atoms with Gasteiger partial charge in [-0.2, -0.15) is 5.10 Å². The molecule has 2 heterocycles. The summed E-state index contributed by atoms with van der Waals surface area (Å²) >= 11 is 1.56. The monoisotopic (exact) mass is 391 g/mol. The normalized spacial score (nSPS) is 12.4. The fourth-order valence-electron chi connectivity index (χ4n) is 3.36. The molecule has 1 amide bonds. The van der Waals surface area contributed by atoms with Crippen LogP contribution in [0.5, 0.6) is 0 Å². The molecule has 0 aliphatic heterocycles. The number of carbonyl (C=O) groups excluding carboxylic acids is 1. The zero-order valence-corrected chi connectivity index (χ0v) is 17.1. The van der Waals surface area contributed by atoms with Crippen molar-refractivity contribution in [3.63, 3.8) is 0 Å². The van der Waals surface area contributed by atoms with E-state index in [2.05, 4.69) is 10.4 Å². The molecule has 0 saturated carbocycles. The van der Waals surface area contributed by atoms with Gasteiger partial charge in [-0.3, -0.25) is 9.59 Å². The highest BCUT2D eigenvalue weighted by atomic mass is 32.1. The molecule has 0 bridgehead atoms. The van der Waals surface area contributed by atoms with E-state index in [0.29, 0.717) is 5.39 Å². The quantitative estimate of drug-likeness (QED) is 0.549. The van der Waals surface area contributed by atoms with Crippen LogP contribution in [0.15, 0.2) is 47.3 Å². The van der Waals surface area contributed by atoms with Crippen molar-refractivity contribution in [2.45, 2.75) is 33.7 Å². The molecule has 0 aliphatic rings. The third-order valence-corrected chi connectivity index (χ3v) is 6.28. The molecule has 142 valence electrons. The summed E-state index contributed by atoms with van der Waals surface area (Å²) in [6, 6.07) is 13.0. The highest BCUT2D eigenvalue weighted by Crippen LogP contribution is 2.33. The molecule has 4 aromatic rings. The molecule has 4 rings (SSSR count). The Bertz CT molecular complexity index is 1290. The fourth-order valence-corrected chi connectivity index (χ4v) is 4.50. The van der Waals surface area contributed by atoms with Crippen molar-refractivity contribution in [3.05, 3.63) is 69.6 Å². The number of hydrogen-bond acceptors (Lipinski definition) is 4. The van der Waals surface area contributed by atoms with Gasteiger partial charge >= 0.3 is 0 Å². The Morgan fingerprint density at radius 3 is 2.68 bits per heavy atom. The number of amides is 1. The van der Waals surface area contributed by atoms with E-state index in [4.69, 9.17) is 0 Å². The Kier molecular flexibility index (Phi) is 4.51. The molecule has 0 radical (unpaired) electrons. The fraction of sp³-hybridized carbons (Fsp3) is 0.227. The summed E-state index contributed by atoms with van der Waals surface area (Å²) in [4.78, 5) is 26.1. The Labute approximate surface area is 166 Å². The van der Waals surface area contributed by atoms with Crippen LogP contribution in [-0.4, -0.2) is 15.7 Å². The van der Waals surface area contributed by atoms with E-state index < -0.39 is 6.04 Å². The van der Waals surface area contributed by atoms with Gasteiger partial charge in [0.05, 0.1) is 15.8 Å². The summed E-state index contributed by atoms with van der Waals surface area (Å²) < 4.78 is 3.23. The summed E-state index contributed by atoms with van der Waals surface area (Å²) in [6.07, 6.45) is 0. The van der Waals surface area contributed by atoms with E-state index in [9.17, 15) is 9.59 Å². The van der Waals surface area contributed by atoms with Gasteiger partial charge < -0.3 is 5.32 Å². The predicted molar refractivity (Wildman–Crippen MR) is 115 cm³/mol. The zero-order valence-electron chi connectivity index (χ0n) is 16.2. The lowest BCUT2D eigenvalue weighted by atomic mass is 10.1. The average molecular weight is 391 g/mol. The van der Waals surface area contributed by atoms with Crippen molar-refractivity contribution in [2.24, 2.45) is 0 Å². The van der Waals surface area contributed by atoms with Gasteiger partial charge in [0.1, 0.15) is 6.04 Å². The number of nitrogens with zero attached hydrogens (tertiary/aromatic N) is 2. The first-order valence-corrected chi connectivity index (χ1v) is 9.97. The lowest BCUT2D eigenvalue weighted by molar-refractivity contribution is -0.119. The minimum absolute atomic E-state index is 0.235. The number of fused-ring (bicyclic) bond motifs is 3. The first-order valence-electron chi connectivity index (χ1n) is 9.15. The molecule has 1 atom stereocenters. The van der Waals surface area contributed by atoms with Gasteiger partial charge in [-0.25, -0.2) is 4.68 Å². The van der Waals surface area contributed by atoms with Crippen molar-refractivity contribution in [2.75, 3.05) is 5.32 Å². The van der Waals surface area contributed by atoms with Crippen LogP contribution in [0, 0.1) is 20.8 Å². The summed E-state index contributed by atoms with van der Waals surface area (Å²) in [5.41, 5.74) is 3.31. The van der Waals surface area contributed by atoms with Crippen LogP contribution in [0.4, 0.5) is 5.69 Å². The van der Waals surface area contributed by atoms with Gasteiger partial charge in [0.15, 0.2) is 0 Å². The lowest BCUT2D eigenvalue weighted by Gasteiger charge is -2.16. The summed E-state index contributed by atoms with van der Waals surface area (Å²) in [5, 5.41) is 8.94. The number of benzene rings is 2. The van der Waals surface area contributed by atoms with E-state index in [1.54, 1.807) is 18.3 Å². The van der Waals surface area contributed by atoms with Gasteiger partial charge in [-0.15, -0.1) is 11.3 Å². The SMILES string of the molecule is Cc1ccc(C)c(NC(=O)C(C)n2nc(C)c3sc4ccccc4c3c2=O)c1. The Balaban J connectivity index is 1.79. The maximum atomic E-state index is 13.2. The number of aryl methyl sites for hydroxylation is 3. The van der Waals surface area contributed by atoms with Crippen LogP contribution in [-0.2, 0) is 4.79 Å². The summed E-state index contributed by atoms with van der Waals surface area (Å²) in [5.74, 6) is -0.262. The Morgan fingerprint density at radius 2 is 1.89 bits per heavy atom. The second kappa shape index (κ2) is 6.87. The molecule has 0 saturated heterocycles. The first kappa shape index (κ1) is 18.4. The van der Waals surface area contributed by atoms with Crippen molar-refractivity contribution in [1.29, 1.82) is 0 Å². The standard InChI is InChI=1S/C22H21N3O2S/c1-12-9-10-13(2)17(11-12)23-21(26)15(4)25-22(27)19-16-7-5-6-8-18(16)28-20(19)14(3)24-25/h5-11,15H,1-4H3,(H,23,26). The van der Waals surface area contributed by atoms with Crippen molar-refractivity contribution in [1.82, 2.24) is 9.78 Å². The number of anilines is 1. The Morgan fingerprint density at radius 1 is 1.14 bits per heavy atom. The van der Waals surface area contributed by atoms with Gasteiger partial charge in [0, 0.05) is 15.8 Å². The molecular weight excluding hydrogens is 370 g/mol. The van der Waals surface area contributed by atoms with Gasteiger partial charge in [-0.05, 0) is 51.0 Å². The topological polar surface area (TPSA) is 64.0 Å². The highest BCUT2D eigenvalue weighted by molar-refractivity contribution is 7.26. The molecule has 6 heteroatoms. The van der Waals surface area contributed by atoms with Crippen LogP contribution in [0.3, 0.4) is 0 Å². The van der Waals surface area contributed by atoms with Gasteiger partial charge in [-0.1, -0.05) is 30.3 Å². The summed E-state index contributed by atoms with van der Waals surface area (Å²) in [6.45, 7) is 7.50. The second-order valence-corrected chi connectivity index (χ2v) is 8.17. The minimum Gasteiger partial charge on any atom is -0.324 e. The Hall–Kier alpha value is -2.99. The van der Waals surface area contributed by atoms with Crippen molar-refractivity contribution >= 4 is 43.1 Å². The predicted octanol–water partition coefficient (Wildman–Crippen LogP) is 4.74. The molecule has 5 nitrogen and oxygen atoms in total. The molecule has 1 unspecified atom stereocenters. The van der Waals surface area contributed by atoms with Gasteiger partial charge in [0.2, 0.25) is 5.91 Å². The van der Waals surface area contributed by atoms with E-state index in [0.717, 1.165) is 37.3 Å². The molecule has 1 N–H and O–H groups in total. The molecule has 0 fully saturated rings. The molecule has 28 heavy (non-hydrogen) atoms. The maximum Gasteiger partial charge on any atom is 0.276 e. The van der Waals surface area contributed by atoms with Crippen LogP contribution in [0.2, 0.25) is 0 Å². The van der Waals surface area contributed by atoms with Crippen LogP contribution >= 0.6 is 11.3 Å². The number of rotatable bonds is 3. The van der Waals surface area contributed by atoms with Gasteiger partial charge in [0.25, 0.3) is 5.56 Å². The molecule has 0 aliphatic carbocycles. The smallest absolute Gasteiger partial charge is 0.276 e. The first-order chi connectivity index (χ1) is 13.4. The number of carbonyl (C=O) groups is 1. The van der Waals surface area contributed by atoms with E-state index >= 15 is 0 Å². The van der Waals surface area contributed by atoms with Crippen LogP contribution < -0.4 is 10.9 Å². The van der Waals surface area contributed by atoms with Crippen molar-refractivity contribution < 1.29 is 4.79 Å². The molecule has 2 aromatic heterocycles. The third-order valence-electron chi connectivity index (χ3n) is 5.00. The molecule has 0 spiro atoms. The van der Waals surface area contributed by atoms with E-state index in [-0.39, 0.29) is 11.5 Å². The van der Waals surface area contributed by atoms with E-state index in [1.165, 1.54) is 4.68 Å². The summed E-state index contributed by atoms with van der Waals surface area (Å²) in [7, 11) is 0. The minimum atomic E-state index is -0.728. The maximum absolute atomic E-state index is 13.2. The number of hydrogen-bond donors (Lipinski definition) is 1. The van der Waals surface area contributed by atoms with Crippen molar-refractivity contribution in [3.8, 4) is 0 Å². The zero-order chi connectivity index (χ0) is 20.0. The highest BCUT2D eigenvalue weighted by Gasteiger charge is 2.22. The number of thiophene rings is 1. The van der Waals surface area contributed by atoms with Crippen LogP contribution in [0.1, 0.15) is 29.8 Å². The second-order valence-electron chi connectivity index (χ2n) is 7.12. The third kappa shape index (κ3) is 2.99. The molecular formula is C22H21N3O2S. The average Bonchev–Trinajstić information content (AvgIpc) is 3.07. The number of aromatic nitrogens is 2.